The van der Waals surface area contributed by atoms with Gasteiger partial charge in [0.05, 0.1) is 0 Å². The Bertz CT molecular complexity index is 1010. The molecule has 0 bridgehead atoms. The summed E-state index contributed by atoms with van der Waals surface area (Å²) in [6, 6.07) is 12.6. The van der Waals surface area contributed by atoms with Crippen LogP contribution in [0.2, 0.25) is 5.02 Å². The zero-order chi connectivity index (χ0) is 18.7. The van der Waals surface area contributed by atoms with Crippen molar-refractivity contribution in [3.63, 3.8) is 0 Å². The average Bonchev–Trinajstić information content (AvgIpc) is 2.59. The number of hydrogen-bond acceptors (Lipinski definition) is 3. The fraction of sp³-hybridized carbons (Fsp3) is 0.200. The highest BCUT2D eigenvalue weighted by molar-refractivity contribution is 6.30. The van der Waals surface area contributed by atoms with E-state index in [0.29, 0.717) is 16.3 Å². The van der Waals surface area contributed by atoms with Crippen molar-refractivity contribution in [2.45, 2.75) is 20.4 Å². The molecule has 1 amide bonds. The molecular weight excluding hydrogens is 352 g/mol. The Labute approximate surface area is 156 Å². The molecule has 26 heavy (non-hydrogen) atoms. The second-order valence-electron chi connectivity index (χ2n) is 6.19. The lowest BCUT2D eigenvalue weighted by molar-refractivity contribution is -0.123. The van der Waals surface area contributed by atoms with Crippen LogP contribution in [0.5, 0.6) is 5.75 Å². The van der Waals surface area contributed by atoms with Gasteiger partial charge in [-0.2, -0.15) is 0 Å². The molecule has 3 rings (SSSR count). The quantitative estimate of drug-likeness (QED) is 0.722. The summed E-state index contributed by atoms with van der Waals surface area (Å²) in [5, 5.41) is 4.28. The number of hydrogen-bond donors (Lipinski definition) is 2. The Morgan fingerprint density at radius 1 is 1.15 bits per heavy atom. The van der Waals surface area contributed by atoms with Crippen LogP contribution in [0.1, 0.15) is 16.7 Å². The summed E-state index contributed by atoms with van der Waals surface area (Å²) in [5.41, 5.74) is 3.26. The van der Waals surface area contributed by atoms with E-state index in [1.165, 1.54) is 0 Å². The molecule has 0 aliphatic carbocycles. The second-order valence-corrected chi connectivity index (χ2v) is 6.62. The zero-order valence-corrected chi connectivity index (χ0v) is 15.3. The SMILES string of the molecule is Cc1cc(C)c2cc(CNC(=O)COc3ccc(Cl)cc3)c(=O)[nH]c2c1. The first-order valence-corrected chi connectivity index (χ1v) is 8.58. The van der Waals surface area contributed by atoms with E-state index in [9.17, 15) is 9.59 Å². The van der Waals surface area contributed by atoms with Gasteiger partial charge in [0.15, 0.2) is 6.61 Å². The van der Waals surface area contributed by atoms with Crippen molar-refractivity contribution >= 4 is 28.4 Å². The Kier molecular flexibility index (Phi) is 5.28. The third-order valence-electron chi connectivity index (χ3n) is 4.05. The van der Waals surface area contributed by atoms with Gasteiger partial charge in [-0.05, 0) is 61.4 Å². The van der Waals surface area contributed by atoms with Crippen LogP contribution in [0.15, 0.2) is 47.3 Å². The minimum Gasteiger partial charge on any atom is -0.484 e. The Hall–Kier alpha value is -2.79. The summed E-state index contributed by atoms with van der Waals surface area (Å²) in [7, 11) is 0. The van der Waals surface area contributed by atoms with Crippen molar-refractivity contribution < 1.29 is 9.53 Å². The minimum atomic E-state index is -0.305. The third-order valence-corrected chi connectivity index (χ3v) is 4.30. The van der Waals surface area contributed by atoms with E-state index in [4.69, 9.17) is 16.3 Å². The van der Waals surface area contributed by atoms with Gasteiger partial charge in [-0.15, -0.1) is 0 Å². The fourth-order valence-corrected chi connectivity index (χ4v) is 2.90. The minimum absolute atomic E-state index is 0.134. The van der Waals surface area contributed by atoms with Crippen molar-refractivity contribution in [3.8, 4) is 5.75 Å². The number of aromatic amines is 1. The molecule has 6 heteroatoms. The number of carbonyl (C=O) groups is 1. The molecule has 1 heterocycles. The average molecular weight is 371 g/mol. The van der Waals surface area contributed by atoms with Crippen molar-refractivity contribution in [1.82, 2.24) is 10.3 Å². The number of ether oxygens (including phenoxy) is 1. The number of aryl methyl sites for hydroxylation is 2. The number of halogens is 1. The van der Waals surface area contributed by atoms with E-state index in [2.05, 4.69) is 16.4 Å². The van der Waals surface area contributed by atoms with Gasteiger partial charge in [-0.3, -0.25) is 9.59 Å². The highest BCUT2D eigenvalue weighted by Crippen LogP contribution is 2.18. The lowest BCUT2D eigenvalue weighted by Gasteiger charge is -2.09. The number of aromatic nitrogens is 1. The molecule has 3 aromatic rings. The van der Waals surface area contributed by atoms with Crippen LogP contribution in [0.4, 0.5) is 0 Å². The maximum atomic E-state index is 12.2. The van der Waals surface area contributed by atoms with Crippen molar-refractivity contribution in [2.75, 3.05) is 6.61 Å². The van der Waals surface area contributed by atoms with Gasteiger partial charge >= 0.3 is 0 Å². The Morgan fingerprint density at radius 2 is 1.88 bits per heavy atom. The van der Waals surface area contributed by atoms with Crippen LogP contribution in [0, 0.1) is 13.8 Å². The van der Waals surface area contributed by atoms with Crippen LogP contribution < -0.4 is 15.6 Å². The first-order valence-electron chi connectivity index (χ1n) is 8.20. The lowest BCUT2D eigenvalue weighted by Crippen LogP contribution is -2.30. The molecule has 0 aliphatic heterocycles. The standard InChI is InChI=1S/C20H19ClN2O3/c1-12-7-13(2)17-9-14(20(25)23-18(17)8-12)10-22-19(24)11-26-16-5-3-15(21)4-6-16/h3-9H,10-11H2,1-2H3,(H,22,24)(H,23,25). The van der Waals surface area contributed by atoms with Crippen molar-refractivity contribution in [2.24, 2.45) is 0 Å². The number of H-pyrrole nitrogens is 1. The van der Waals surface area contributed by atoms with E-state index in [0.717, 1.165) is 22.0 Å². The number of nitrogens with one attached hydrogen (secondary N) is 2. The van der Waals surface area contributed by atoms with Crippen LogP contribution in [0.3, 0.4) is 0 Å². The maximum absolute atomic E-state index is 12.2. The molecule has 2 N–H and O–H groups in total. The summed E-state index contributed by atoms with van der Waals surface area (Å²) in [4.78, 5) is 27.1. The molecule has 0 atom stereocenters. The Balaban J connectivity index is 1.65. The molecule has 0 aliphatic rings. The number of rotatable bonds is 5. The molecule has 0 saturated heterocycles. The number of pyridine rings is 1. The number of fused-ring (bicyclic) bond motifs is 1. The highest BCUT2D eigenvalue weighted by atomic mass is 35.5. The lowest BCUT2D eigenvalue weighted by atomic mass is 10.0. The third kappa shape index (κ3) is 4.24. The summed E-state index contributed by atoms with van der Waals surface area (Å²) < 4.78 is 5.39. The molecule has 0 fully saturated rings. The van der Waals surface area contributed by atoms with Crippen molar-refractivity contribution in [1.29, 1.82) is 0 Å². The van der Waals surface area contributed by atoms with E-state index in [1.54, 1.807) is 24.3 Å². The predicted molar refractivity (Wildman–Crippen MR) is 103 cm³/mol. The molecule has 0 unspecified atom stereocenters. The van der Waals surface area contributed by atoms with E-state index in [1.807, 2.05) is 26.0 Å². The van der Waals surface area contributed by atoms with E-state index < -0.39 is 0 Å². The first kappa shape index (κ1) is 18.0. The maximum Gasteiger partial charge on any atom is 0.258 e. The van der Waals surface area contributed by atoms with Crippen LogP contribution >= 0.6 is 11.6 Å². The molecule has 1 aromatic heterocycles. The van der Waals surface area contributed by atoms with E-state index >= 15 is 0 Å². The summed E-state index contributed by atoms with van der Waals surface area (Å²) in [5.74, 6) is 0.249. The van der Waals surface area contributed by atoms with Gasteiger partial charge in [0, 0.05) is 28.0 Å². The highest BCUT2D eigenvalue weighted by Gasteiger charge is 2.08. The van der Waals surface area contributed by atoms with Gasteiger partial charge in [-0.1, -0.05) is 17.7 Å². The molecule has 0 saturated carbocycles. The number of benzene rings is 2. The van der Waals surface area contributed by atoms with Gasteiger partial charge < -0.3 is 15.0 Å². The molecule has 2 aromatic carbocycles. The Morgan fingerprint density at radius 3 is 2.62 bits per heavy atom. The summed E-state index contributed by atoms with van der Waals surface area (Å²) >= 11 is 5.80. The van der Waals surface area contributed by atoms with Crippen molar-refractivity contribution in [3.05, 3.63) is 74.5 Å². The molecule has 0 spiro atoms. The predicted octanol–water partition coefficient (Wildman–Crippen LogP) is 3.49. The van der Waals surface area contributed by atoms with E-state index in [-0.39, 0.29) is 24.6 Å². The zero-order valence-electron chi connectivity index (χ0n) is 14.6. The van der Waals surface area contributed by atoms with Crippen LogP contribution in [-0.4, -0.2) is 17.5 Å². The second kappa shape index (κ2) is 7.62. The number of carbonyl (C=O) groups excluding carboxylic acids is 1. The molecule has 134 valence electrons. The van der Waals surface area contributed by atoms with Gasteiger partial charge in [-0.25, -0.2) is 0 Å². The van der Waals surface area contributed by atoms with Crippen LogP contribution in [-0.2, 0) is 11.3 Å². The largest absolute Gasteiger partial charge is 0.484 e. The van der Waals surface area contributed by atoms with Gasteiger partial charge in [0.2, 0.25) is 0 Å². The van der Waals surface area contributed by atoms with Gasteiger partial charge in [0.1, 0.15) is 5.75 Å². The fourth-order valence-electron chi connectivity index (χ4n) is 2.77. The topological polar surface area (TPSA) is 71.2 Å². The molecule has 0 radical (unpaired) electrons. The van der Waals surface area contributed by atoms with Crippen LogP contribution in [0.25, 0.3) is 10.9 Å². The normalized spacial score (nSPS) is 10.7. The monoisotopic (exact) mass is 370 g/mol. The van der Waals surface area contributed by atoms with Gasteiger partial charge in [0.25, 0.3) is 11.5 Å². The molecular formula is C20H19ClN2O3. The summed E-state index contributed by atoms with van der Waals surface area (Å²) in [6.07, 6.45) is 0. The smallest absolute Gasteiger partial charge is 0.258 e. The number of amides is 1. The summed E-state index contributed by atoms with van der Waals surface area (Å²) in [6.45, 7) is 3.99. The first-order chi connectivity index (χ1) is 12.4. The molecule has 5 nitrogen and oxygen atoms in total.